The number of ether oxygens (including phenoxy) is 1. The summed E-state index contributed by atoms with van der Waals surface area (Å²) < 4.78 is 5.46. The van der Waals surface area contributed by atoms with E-state index in [-0.39, 0.29) is 0 Å². The quantitative estimate of drug-likeness (QED) is 0.641. The van der Waals surface area contributed by atoms with E-state index in [1.165, 1.54) is 12.8 Å². The Morgan fingerprint density at radius 1 is 1.58 bits per heavy atom. The van der Waals surface area contributed by atoms with Crippen LogP contribution in [0.5, 0.6) is 0 Å². The summed E-state index contributed by atoms with van der Waals surface area (Å²) in [4.78, 5) is 2.43. The van der Waals surface area contributed by atoms with E-state index in [2.05, 4.69) is 25.8 Å². The van der Waals surface area contributed by atoms with Crippen molar-refractivity contribution >= 4 is 0 Å². The topological polar surface area (TPSA) is 12.5 Å². The van der Waals surface area contributed by atoms with E-state index in [0.29, 0.717) is 6.04 Å². The summed E-state index contributed by atoms with van der Waals surface area (Å²) in [5, 5.41) is 0. The van der Waals surface area contributed by atoms with Crippen molar-refractivity contribution < 1.29 is 4.74 Å². The molecule has 2 heteroatoms. The summed E-state index contributed by atoms with van der Waals surface area (Å²) >= 11 is 0. The lowest BCUT2D eigenvalue weighted by molar-refractivity contribution is -0.00227. The maximum atomic E-state index is 5.46. The Labute approximate surface area is 75.9 Å². The molecule has 0 aliphatic carbocycles. The van der Waals surface area contributed by atoms with Crippen molar-refractivity contribution in [1.29, 1.82) is 0 Å². The van der Waals surface area contributed by atoms with Gasteiger partial charge in [0.1, 0.15) is 0 Å². The maximum Gasteiger partial charge on any atom is 0.0622 e. The molecule has 1 heterocycles. The molecule has 0 N–H and O–H groups in total. The third kappa shape index (κ3) is 2.76. The van der Waals surface area contributed by atoms with Gasteiger partial charge in [-0.3, -0.25) is 4.90 Å². The van der Waals surface area contributed by atoms with Crippen molar-refractivity contribution in [2.45, 2.75) is 32.7 Å². The van der Waals surface area contributed by atoms with E-state index < -0.39 is 0 Å². The number of rotatable bonds is 3. The highest BCUT2D eigenvalue weighted by molar-refractivity contribution is 4.73. The molecule has 0 bridgehead atoms. The molecule has 1 fully saturated rings. The van der Waals surface area contributed by atoms with E-state index in [1.54, 1.807) is 0 Å². The molecule has 1 aliphatic rings. The Bertz CT molecular complexity index is 127. The van der Waals surface area contributed by atoms with Crippen LogP contribution in [0, 0.1) is 5.92 Å². The van der Waals surface area contributed by atoms with Crippen LogP contribution in [-0.4, -0.2) is 37.7 Å². The van der Waals surface area contributed by atoms with Crippen molar-refractivity contribution in [2.75, 3.05) is 26.8 Å². The van der Waals surface area contributed by atoms with Gasteiger partial charge in [-0.2, -0.15) is 0 Å². The number of morpholine rings is 1. The van der Waals surface area contributed by atoms with Crippen LogP contribution in [0.1, 0.15) is 26.7 Å². The minimum atomic E-state index is 0.661. The predicted octanol–water partition coefficient (Wildman–Crippen LogP) is 1.75. The summed E-state index contributed by atoms with van der Waals surface area (Å²) in [6, 6.07) is 0.661. The molecule has 0 aromatic heterocycles. The maximum absolute atomic E-state index is 5.46. The summed E-state index contributed by atoms with van der Waals surface area (Å²) in [5.74, 6) is 0.833. The van der Waals surface area contributed by atoms with E-state index in [4.69, 9.17) is 4.74 Å². The fourth-order valence-electron chi connectivity index (χ4n) is 1.62. The SMILES string of the molecule is CCC(C)CC1COCCN1C. The Balaban J connectivity index is 2.28. The molecule has 0 saturated carbocycles. The number of nitrogens with zero attached hydrogens (tertiary/aromatic N) is 1. The summed E-state index contributed by atoms with van der Waals surface area (Å²) in [5.41, 5.74) is 0. The largest absolute Gasteiger partial charge is 0.378 e. The Morgan fingerprint density at radius 3 is 2.92 bits per heavy atom. The highest BCUT2D eigenvalue weighted by Crippen LogP contribution is 2.16. The average molecular weight is 171 g/mol. The van der Waals surface area contributed by atoms with E-state index in [1.807, 2.05) is 0 Å². The minimum Gasteiger partial charge on any atom is -0.378 e. The van der Waals surface area contributed by atoms with E-state index in [0.717, 1.165) is 25.7 Å². The van der Waals surface area contributed by atoms with Crippen LogP contribution in [0.25, 0.3) is 0 Å². The zero-order chi connectivity index (χ0) is 8.97. The first-order valence-corrected chi connectivity index (χ1v) is 5.02. The lowest BCUT2D eigenvalue weighted by Crippen LogP contribution is -2.43. The first-order valence-electron chi connectivity index (χ1n) is 5.02. The van der Waals surface area contributed by atoms with Crippen LogP contribution in [0.15, 0.2) is 0 Å². The molecule has 0 aromatic carbocycles. The van der Waals surface area contributed by atoms with Crippen LogP contribution in [-0.2, 0) is 4.74 Å². The van der Waals surface area contributed by atoms with Crippen molar-refractivity contribution in [3.63, 3.8) is 0 Å². The summed E-state index contributed by atoms with van der Waals surface area (Å²) in [6.45, 7) is 7.52. The molecule has 12 heavy (non-hydrogen) atoms. The lowest BCUT2D eigenvalue weighted by atomic mass is 9.98. The smallest absolute Gasteiger partial charge is 0.0622 e. The van der Waals surface area contributed by atoms with Gasteiger partial charge in [0.25, 0.3) is 0 Å². The second kappa shape index (κ2) is 4.83. The number of likely N-dealkylation sites (N-methyl/N-ethyl adjacent to an activating group) is 1. The van der Waals surface area contributed by atoms with Gasteiger partial charge in [0.2, 0.25) is 0 Å². The van der Waals surface area contributed by atoms with Crippen molar-refractivity contribution in [3.8, 4) is 0 Å². The van der Waals surface area contributed by atoms with Gasteiger partial charge in [-0.05, 0) is 19.4 Å². The van der Waals surface area contributed by atoms with Crippen LogP contribution < -0.4 is 0 Å². The molecule has 2 nitrogen and oxygen atoms in total. The van der Waals surface area contributed by atoms with Crippen molar-refractivity contribution in [3.05, 3.63) is 0 Å². The van der Waals surface area contributed by atoms with Gasteiger partial charge in [-0.25, -0.2) is 0 Å². The Hall–Kier alpha value is -0.0800. The van der Waals surface area contributed by atoms with Gasteiger partial charge in [-0.1, -0.05) is 20.3 Å². The van der Waals surface area contributed by atoms with Crippen LogP contribution in [0.2, 0.25) is 0 Å². The molecule has 72 valence electrons. The van der Waals surface area contributed by atoms with Gasteiger partial charge in [0.15, 0.2) is 0 Å². The van der Waals surface area contributed by atoms with Gasteiger partial charge in [-0.15, -0.1) is 0 Å². The Morgan fingerprint density at radius 2 is 2.33 bits per heavy atom. The normalized spacial score (nSPS) is 28.8. The second-order valence-corrected chi connectivity index (χ2v) is 3.96. The zero-order valence-electron chi connectivity index (χ0n) is 8.55. The number of hydrogen-bond donors (Lipinski definition) is 0. The fraction of sp³-hybridized carbons (Fsp3) is 1.00. The monoisotopic (exact) mass is 171 g/mol. The molecular weight excluding hydrogens is 150 g/mol. The molecule has 0 aromatic rings. The van der Waals surface area contributed by atoms with E-state index >= 15 is 0 Å². The molecule has 0 spiro atoms. The third-order valence-electron chi connectivity index (χ3n) is 2.89. The first kappa shape index (κ1) is 10.0. The molecule has 0 radical (unpaired) electrons. The molecule has 0 amide bonds. The zero-order valence-corrected chi connectivity index (χ0v) is 8.55. The molecule has 1 aliphatic heterocycles. The van der Waals surface area contributed by atoms with Gasteiger partial charge < -0.3 is 4.74 Å². The van der Waals surface area contributed by atoms with E-state index in [9.17, 15) is 0 Å². The highest BCUT2D eigenvalue weighted by Gasteiger charge is 2.20. The molecule has 2 atom stereocenters. The van der Waals surface area contributed by atoms with Crippen LogP contribution >= 0.6 is 0 Å². The Kier molecular flexibility index (Phi) is 4.02. The predicted molar refractivity (Wildman–Crippen MR) is 51.3 cm³/mol. The van der Waals surface area contributed by atoms with Gasteiger partial charge in [0.05, 0.1) is 13.2 Å². The van der Waals surface area contributed by atoms with Gasteiger partial charge >= 0.3 is 0 Å². The molecule has 1 saturated heterocycles. The summed E-state index contributed by atoms with van der Waals surface area (Å²) in [7, 11) is 2.20. The molecule has 1 rings (SSSR count). The highest BCUT2D eigenvalue weighted by atomic mass is 16.5. The minimum absolute atomic E-state index is 0.661. The average Bonchev–Trinajstić information content (AvgIpc) is 2.09. The molecule has 2 unspecified atom stereocenters. The number of hydrogen-bond acceptors (Lipinski definition) is 2. The summed E-state index contributed by atoms with van der Waals surface area (Å²) in [6.07, 6.45) is 2.57. The van der Waals surface area contributed by atoms with Gasteiger partial charge in [0, 0.05) is 12.6 Å². The third-order valence-corrected chi connectivity index (χ3v) is 2.89. The van der Waals surface area contributed by atoms with Crippen LogP contribution in [0.4, 0.5) is 0 Å². The van der Waals surface area contributed by atoms with Crippen molar-refractivity contribution in [1.82, 2.24) is 4.90 Å². The lowest BCUT2D eigenvalue weighted by Gasteiger charge is -2.33. The second-order valence-electron chi connectivity index (χ2n) is 3.96. The van der Waals surface area contributed by atoms with Crippen LogP contribution in [0.3, 0.4) is 0 Å². The fourth-order valence-corrected chi connectivity index (χ4v) is 1.62. The molecular formula is C10H21NO. The van der Waals surface area contributed by atoms with Crippen molar-refractivity contribution in [2.24, 2.45) is 5.92 Å². The first-order chi connectivity index (χ1) is 5.74. The standard InChI is InChI=1S/C10H21NO/c1-4-9(2)7-10-8-12-6-5-11(10)3/h9-10H,4-8H2,1-3H3.